The average Bonchev–Trinajstić information content (AvgIpc) is 3.03. The molecule has 0 atom stereocenters. The van der Waals surface area contributed by atoms with Gasteiger partial charge in [0.1, 0.15) is 11.4 Å². The Kier molecular flexibility index (Phi) is 4.54. The van der Waals surface area contributed by atoms with Crippen molar-refractivity contribution < 1.29 is 18.1 Å². The number of nitrogens with zero attached hydrogens (tertiary/aromatic N) is 1. The summed E-state index contributed by atoms with van der Waals surface area (Å²) in [5.74, 6) is 2.84. The number of nitrogens with one attached hydrogen (secondary N) is 2. The summed E-state index contributed by atoms with van der Waals surface area (Å²) in [5, 5.41) is 11.0. The van der Waals surface area contributed by atoms with Crippen molar-refractivity contribution in [2.75, 3.05) is 12.3 Å². The maximum atomic E-state index is 12.1. The molecule has 4 rings (SSSR count). The molecule has 0 spiro atoms. The number of fused-ring (bicyclic) bond motifs is 3. The van der Waals surface area contributed by atoms with Crippen LogP contribution in [-0.2, 0) is 10.0 Å². The van der Waals surface area contributed by atoms with Gasteiger partial charge in [-0.3, -0.25) is 0 Å². The summed E-state index contributed by atoms with van der Waals surface area (Å²) in [5.41, 5.74) is 2.76. The summed E-state index contributed by atoms with van der Waals surface area (Å²) in [4.78, 5) is 7.40. The van der Waals surface area contributed by atoms with E-state index < -0.39 is 17.1 Å². The van der Waals surface area contributed by atoms with Gasteiger partial charge in [-0.2, -0.15) is 0 Å². The fourth-order valence-electron chi connectivity index (χ4n) is 3.87. The third-order valence-electron chi connectivity index (χ3n) is 5.11. The normalized spacial score (nSPS) is 22.5. The molecule has 0 radical (unpaired) electrons. The van der Waals surface area contributed by atoms with Crippen LogP contribution in [0.4, 0.5) is 0 Å². The SMILES string of the molecule is CCCNS(=O)(=O)CC1CC(C2=CB(O)Oc3cnc4[nH]ccc4c32)C1. The lowest BCUT2D eigenvalue weighted by molar-refractivity contribution is 0.272. The first-order valence-electron chi connectivity index (χ1n) is 8.97. The molecule has 138 valence electrons. The fourth-order valence-corrected chi connectivity index (χ4v) is 5.40. The van der Waals surface area contributed by atoms with Crippen LogP contribution in [0.5, 0.6) is 5.75 Å². The minimum absolute atomic E-state index is 0.141. The van der Waals surface area contributed by atoms with Crippen LogP contribution in [0.3, 0.4) is 0 Å². The topological polar surface area (TPSA) is 104 Å². The van der Waals surface area contributed by atoms with Gasteiger partial charge in [-0.15, -0.1) is 0 Å². The van der Waals surface area contributed by atoms with E-state index in [4.69, 9.17) is 4.65 Å². The smallest absolute Gasteiger partial charge is 0.531 e. The molecule has 26 heavy (non-hydrogen) atoms. The van der Waals surface area contributed by atoms with Gasteiger partial charge in [-0.1, -0.05) is 6.92 Å². The highest BCUT2D eigenvalue weighted by molar-refractivity contribution is 7.89. The zero-order valence-electron chi connectivity index (χ0n) is 14.6. The van der Waals surface area contributed by atoms with Gasteiger partial charge in [-0.05, 0) is 48.7 Å². The quantitative estimate of drug-likeness (QED) is 0.667. The van der Waals surface area contributed by atoms with E-state index in [0.717, 1.165) is 41.4 Å². The Morgan fingerprint density at radius 2 is 2.27 bits per heavy atom. The average molecular weight is 375 g/mol. The Morgan fingerprint density at radius 1 is 1.46 bits per heavy atom. The highest BCUT2D eigenvalue weighted by Crippen LogP contribution is 2.48. The molecule has 1 saturated carbocycles. The summed E-state index contributed by atoms with van der Waals surface area (Å²) in [6.45, 7) is 2.43. The minimum atomic E-state index is -3.21. The van der Waals surface area contributed by atoms with Crippen molar-refractivity contribution in [1.82, 2.24) is 14.7 Å². The molecule has 2 aliphatic rings. The number of hydrogen-bond donors (Lipinski definition) is 3. The molecule has 0 bridgehead atoms. The summed E-state index contributed by atoms with van der Waals surface area (Å²) in [7, 11) is -4.21. The van der Waals surface area contributed by atoms with E-state index in [0.29, 0.717) is 12.3 Å². The third-order valence-corrected chi connectivity index (χ3v) is 6.67. The van der Waals surface area contributed by atoms with Crippen LogP contribution in [0.25, 0.3) is 16.6 Å². The van der Waals surface area contributed by atoms with Crippen LogP contribution < -0.4 is 9.38 Å². The van der Waals surface area contributed by atoms with Crippen LogP contribution >= 0.6 is 0 Å². The molecule has 2 aromatic heterocycles. The molecule has 7 nitrogen and oxygen atoms in total. The van der Waals surface area contributed by atoms with Crippen LogP contribution in [0.15, 0.2) is 24.4 Å². The number of H-pyrrole nitrogens is 1. The summed E-state index contributed by atoms with van der Waals surface area (Å²) < 4.78 is 32.3. The molecule has 3 N–H and O–H groups in total. The number of pyridine rings is 1. The predicted octanol–water partition coefficient (Wildman–Crippen LogP) is 1.71. The number of aromatic nitrogens is 2. The zero-order chi connectivity index (χ0) is 18.3. The minimum Gasteiger partial charge on any atom is -0.531 e. The molecule has 3 heterocycles. The van der Waals surface area contributed by atoms with Gasteiger partial charge in [0.2, 0.25) is 10.0 Å². The summed E-state index contributed by atoms with van der Waals surface area (Å²) >= 11 is 0. The van der Waals surface area contributed by atoms with E-state index in [-0.39, 0.29) is 17.6 Å². The molecule has 1 fully saturated rings. The van der Waals surface area contributed by atoms with Gasteiger partial charge in [0.05, 0.1) is 11.9 Å². The Hall–Kier alpha value is -1.84. The third kappa shape index (κ3) is 3.26. The first-order valence-corrected chi connectivity index (χ1v) is 10.6. The number of allylic oxidation sites excluding steroid dienone is 1. The second-order valence-electron chi connectivity index (χ2n) is 7.08. The van der Waals surface area contributed by atoms with Gasteiger partial charge >= 0.3 is 7.12 Å². The van der Waals surface area contributed by atoms with Crippen molar-refractivity contribution in [2.45, 2.75) is 26.2 Å². The van der Waals surface area contributed by atoms with Gasteiger partial charge in [-0.25, -0.2) is 18.1 Å². The monoisotopic (exact) mass is 375 g/mol. The van der Waals surface area contributed by atoms with Crippen LogP contribution in [-0.4, -0.2) is 42.8 Å². The maximum Gasteiger partial charge on any atom is 0.552 e. The Balaban J connectivity index is 1.52. The van der Waals surface area contributed by atoms with E-state index in [1.165, 1.54) is 0 Å². The van der Waals surface area contributed by atoms with E-state index in [2.05, 4.69) is 14.7 Å². The standard InChI is InChI=1S/C17H22BN3O4S/c1-2-4-21-26(23,24)10-11-6-12(7-11)14-8-18(22)25-15-9-20-17-13(16(14)15)3-5-19-17/h3,5,8-9,11-12,21-22H,2,4,6-7,10H2,1H3,(H,19,20). The van der Waals surface area contributed by atoms with E-state index in [1.807, 2.05) is 19.2 Å². The molecule has 0 saturated heterocycles. The van der Waals surface area contributed by atoms with Gasteiger partial charge in [0, 0.05) is 23.7 Å². The molecule has 0 aromatic carbocycles. The fraction of sp³-hybridized carbons (Fsp3) is 0.471. The van der Waals surface area contributed by atoms with Crippen molar-refractivity contribution in [2.24, 2.45) is 11.8 Å². The number of sulfonamides is 1. The molecule has 0 amide bonds. The largest absolute Gasteiger partial charge is 0.552 e. The lowest BCUT2D eigenvalue weighted by Gasteiger charge is -2.38. The zero-order valence-corrected chi connectivity index (χ0v) is 15.4. The summed E-state index contributed by atoms with van der Waals surface area (Å²) in [6.07, 6.45) is 5.82. The molecule has 0 unspecified atom stereocenters. The second-order valence-corrected chi connectivity index (χ2v) is 8.93. The second kappa shape index (κ2) is 6.72. The Labute approximate surface area is 153 Å². The van der Waals surface area contributed by atoms with Crippen molar-refractivity contribution >= 4 is 33.7 Å². The lowest BCUT2D eigenvalue weighted by Crippen LogP contribution is -2.37. The van der Waals surface area contributed by atoms with E-state index >= 15 is 0 Å². The lowest BCUT2D eigenvalue weighted by atomic mass is 9.66. The van der Waals surface area contributed by atoms with Crippen molar-refractivity contribution in [3.8, 4) is 5.75 Å². The van der Waals surface area contributed by atoms with Crippen molar-refractivity contribution in [3.05, 3.63) is 30.0 Å². The van der Waals surface area contributed by atoms with Gasteiger partial charge in [0.15, 0.2) is 0 Å². The first kappa shape index (κ1) is 17.6. The number of aromatic amines is 1. The molecule has 2 aromatic rings. The molecular formula is C17H22BN3O4S. The van der Waals surface area contributed by atoms with E-state index in [9.17, 15) is 13.4 Å². The number of hydrogen-bond acceptors (Lipinski definition) is 5. The van der Waals surface area contributed by atoms with E-state index in [1.54, 1.807) is 12.2 Å². The summed E-state index contributed by atoms with van der Waals surface area (Å²) in [6, 6.07) is 1.95. The number of rotatable bonds is 6. The first-order chi connectivity index (χ1) is 12.5. The highest BCUT2D eigenvalue weighted by atomic mass is 32.2. The van der Waals surface area contributed by atoms with Gasteiger partial charge < -0.3 is 14.7 Å². The van der Waals surface area contributed by atoms with Crippen molar-refractivity contribution in [1.29, 1.82) is 0 Å². The molecular weight excluding hydrogens is 353 g/mol. The van der Waals surface area contributed by atoms with Gasteiger partial charge in [0.25, 0.3) is 0 Å². The molecule has 9 heteroatoms. The van der Waals surface area contributed by atoms with Crippen LogP contribution in [0, 0.1) is 11.8 Å². The predicted molar refractivity (Wildman–Crippen MR) is 101 cm³/mol. The maximum absolute atomic E-state index is 12.1. The Morgan fingerprint density at radius 3 is 3.04 bits per heavy atom. The van der Waals surface area contributed by atoms with Crippen molar-refractivity contribution in [3.63, 3.8) is 0 Å². The highest BCUT2D eigenvalue weighted by Gasteiger charge is 2.39. The Bertz CT molecular complexity index is 950. The molecule has 1 aliphatic heterocycles. The van der Waals surface area contributed by atoms with Crippen LogP contribution in [0.2, 0.25) is 0 Å². The van der Waals surface area contributed by atoms with Crippen LogP contribution in [0.1, 0.15) is 31.7 Å². The molecule has 1 aliphatic carbocycles.